The van der Waals surface area contributed by atoms with Crippen molar-refractivity contribution in [2.75, 3.05) is 19.5 Å². The largest absolute Gasteiger partial charge is 0.381 e. The van der Waals surface area contributed by atoms with E-state index in [0.29, 0.717) is 25.2 Å². The molecule has 2 amide bonds. The summed E-state index contributed by atoms with van der Waals surface area (Å²) in [5.41, 5.74) is 0.779. The molecule has 10 heteroatoms. The van der Waals surface area contributed by atoms with Gasteiger partial charge < -0.3 is 15.0 Å². The molecule has 0 aliphatic carbocycles. The van der Waals surface area contributed by atoms with Crippen molar-refractivity contribution in [2.45, 2.75) is 43.3 Å². The molecule has 0 aromatic heterocycles. The van der Waals surface area contributed by atoms with Crippen LogP contribution in [0.1, 0.15) is 42.2 Å². The fourth-order valence-electron chi connectivity index (χ4n) is 4.66. The van der Waals surface area contributed by atoms with E-state index >= 15 is 0 Å². The lowest BCUT2D eigenvalue weighted by molar-refractivity contribution is -0.128. The molecule has 2 aromatic rings. The van der Waals surface area contributed by atoms with Gasteiger partial charge in [0.1, 0.15) is 11.9 Å². The second kappa shape index (κ2) is 9.87. The Hall–Kier alpha value is -2.49. The van der Waals surface area contributed by atoms with Crippen molar-refractivity contribution in [3.63, 3.8) is 0 Å². The van der Waals surface area contributed by atoms with Crippen LogP contribution >= 0.6 is 11.6 Å². The maximum Gasteiger partial charge on any atom is 0.254 e. The highest BCUT2D eigenvalue weighted by Crippen LogP contribution is 2.34. The molecule has 4 rings (SSSR count). The number of hydrogen-bond donors (Lipinski definition) is 1. The van der Waals surface area contributed by atoms with Crippen molar-refractivity contribution in [3.8, 4) is 0 Å². The molecule has 188 valence electrons. The van der Waals surface area contributed by atoms with Gasteiger partial charge in [0, 0.05) is 23.8 Å². The zero-order valence-corrected chi connectivity index (χ0v) is 21.3. The summed E-state index contributed by atoms with van der Waals surface area (Å²) < 4.78 is 43.4. The third kappa shape index (κ3) is 5.22. The molecule has 2 saturated heterocycles. The van der Waals surface area contributed by atoms with E-state index in [1.807, 2.05) is 13.8 Å². The van der Waals surface area contributed by atoms with Crippen LogP contribution in [0.25, 0.3) is 0 Å². The van der Waals surface area contributed by atoms with Gasteiger partial charge >= 0.3 is 0 Å². The molecule has 4 atom stereocenters. The number of carbonyl (C=O) groups is 2. The smallest absolute Gasteiger partial charge is 0.254 e. The first kappa shape index (κ1) is 25.6. The predicted octanol–water partition coefficient (Wildman–Crippen LogP) is 3.63. The normalized spacial score (nSPS) is 23.6. The molecule has 0 bridgehead atoms. The molecule has 7 nitrogen and oxygen atoms in total. The van der Waals surface area contributed by atoms with Crippen LogP contribution < -0.4 is 5.32 Å². The van der Waals surface area contributed by atoms with Gasteiger partial charge in [0.2, 0.25) is 5.91 Å². The number of hydrogen-bond acceptors (Lipinski definition) is 5. The SMILES string of the molecule is C[C@@H]1C[C@H](C(=O)NC(c2ccc(Cl)c(F)c2)C2COC2)N(C(=O)c2cccc(S(C)(=O)=O)c2)[C@@H]1C. The third-order valence-electron chi connectivity index (χ3n) is 6.98. The summed E-state index contributed by atoms with van der Waals surface area (Å²) >= 11 is 5.84. The number of nitrogens with one attached hydrogen (secondary N) is 1. The van der Waals surface area contributed by atoms with Gasteiger partial charge in [-0.1, -0.05) is 30.7 Å². The summed E-state index contributed by atoms with van der Waals surface area (Å²) in [5.74, 6) is -1.32. The first-order valence-corrected chi connectivity index (χ1v) is 13.7. The van der Waals surface area contributed by atoms with E-state index in [-0.39, 0.29) is 39.3 Å². The van der Waals surface area contributed by atoms with Crippen LogP contribution in [0, 0.1) is 17.7 Å². The highest BCUT2D eigenvalue weighted by molar-refractivity contribution is 7.90. The van der Waals surface area contributed by atoms with E-state index in [4.69, 9.17) is 16.3 Å². The van der Waals surface area contributed by atoms with E-state index < -0.39 is 33.6 Å². The van der Waals surface area contributed by atoms with E-state index in [1.54, 1.807) is 12.1 Å². The Morgan fingerprint density at radius 3 is 2.49 bits per heavy atom. The summed E-state index contributed by atoms with van der Waals surface area (Å²) in [6.07, 6.45) is 1.53. The average Bonchev–Trinajstić information content (AvgIpc) is 3.07. The van der Waals surface area contributed by atoms with Gasteiger partial charge in [-0.3, -0.25) is 9.59 Å². The minimum Gasteiger partial charge on any atom is -0.381 e. The molecule has 35 heavy (non-hydrogen) atoms. The number of halogens is 2. The Bertz CT molecular complexity index is 1250. The van der Waals surface area contributed by atoms with Crippen molar-refractivity contribution < 1.29 is 27.1 Å². The summed E-state index contributed by atoms with van der Waals surface area (Å²) in [5, 5.41) is 3.01. The number of sulfone groups is 1. The van der Waals surface area contributed by atoms with Gasteiger partial charge in [0.15, 0.2) is 9.84 Å². The lowest BCUT2D eigenvalue weighted by atomic mass is 9.91. The summed E-state index contributed by atoms with van der Waals surface area (Å²) in [4.78, 5) is 28.6. The second-order valence-corrected chi connectivity index (χ2v) is 11.9. The van der Waals surface area contributed by atoms with Crippen LogP contribution in [-0.2, 0) is 19.4 Å². The first-order chi connectivity index (χ1) is 16.5. The summed E-state index contributed by atoms with van der Waals surface area (Å²) in [6, 6.07) is 8.79. The van der Waals surface area contributed by atoms with Gasteiger partial charge in [-0.25, -0.2) is 12.8 Å². The lowest BCUT2D eigenvalue weighted by Gasteiger charge is -2.36. The molecule has 2 aliphatic rings. The minimum absolute atomic E-state index is 0.00442. The Kier molecular flexibility index (Phi) is 7.22. The molecular formula is C25H28ClFN2O5S. The van der Waals surface area contributed by atoms with Crippen molar-refractivity contribution in [1.82, 2.24) is 10.2 Å². The topological polar surface area (TPSA) is 92.8 Å². The predicted molar refractivity (Wildman–Crippen MR) is 129 cm³/mol. The standard InChI is InChI=1S/C25H28ClFN2O5S/c1-14-9-22(29(15(14)2)25(31)17-5-4-6-19(10-17)35(3,32)33)24(30)28-23(18-12-34-13-18)16-7-8-20(26)21(27)11-16/h4-8,10-11,14-15,18,22-23H,9,12-13H2,1-3H3,(H,28,30)/t14-,15-,22-,23?/m1/s1. The van der Waals surface area contributed by atoms with Gasteiger partial charge in [0.05, 0.1) is 29.2 Å². The highest BCUT2D eigenvalue weighted by atomic mass is 35.5. The van der Waals surface area contributed by atoms with Crippen molar-refractivity contribution in [1.29, 1.82) is 0 Å². The summed E-state index contributed by atoms with van der Waals surface area (Å²) in [7, 11) is -3.50. The van der Waals surface area contributed by atoms with Crippen LogP contribution in [0.5, 0.6) is 0 Å². The first-order valence-electron chi connectivity index (χ1n) is 11.4. The van der Waals surface area contributed by atoms with Gasteiger partial charge in [-0.15, -0.1) is 0 Å². The molecule has 1 unspecified atom stereocenters. The van der Waals surface area contributed by atoms with Crippen LogP contribution in [-0.4, -0.2) is 56.7 Å². The van der Waals surface area contributed by atoms with Crippen molar-refractivity contribution in [3.05, 3.63) is 64.4 Å². The molecule has 2 fully saturated rings. The summed E-state index contributed by atoms with van der Waals surface area (Å²) in [6.45, 7) is 4.69. The van der Waals surface area contributed by atoms with Crippen LogP contribution in [0.3, 0.4) is 0 Å². The van der Waals surface area contributed by atoms with Gasteiger partial charge in [-0.05, 0) is 55.2 Å². The Balaban J connectivity index is 1.61. The molecule has 0 saturated carbocycles. The number of rotatable bonds is 6. The number of ether oxygens (including phenoxy) is 1. The number of amides is 2. The lowest BCUT2D eigenvalue weighted by Crippen LogP contribution is -2.51. The fourth-order valence-corrected chi connectivity index (χ4v) is 5.45. The number of benzene rings is 2. The maximum atomic E-state index is 14.2. The molecule has 2 aromatic carbocycles. The van der Waals surface area contributed by atoms with Crippen LogP contribution in [0.15, 0.2) is 47.4 Å². The molecule has 1 N–H and O–H groups in total. The molecule has 2 heterocycles. The van der Waals surface area contributed by atoms with E-state index in [9.17, 15) is 22.4 Å². The van der Waals surface area contributed by atoms with E-state index in [0.717, 1.165) is 6.26 Å². The van der Waals surface area contributed by atoms with Gasteiger partial charge in [-0.2, -0.15) is 0 Å². The number of likely N-dealkylation sites (tertiary alicyclic amines) is 1. The van der Waals surface area contributed by atoms with E-state index in [2.05, 4.69) is 5.32 Å². The molecule has 2 aliphatic heterocycles. The van der Waals surface area contributed by atoms with Crippen LogP contribution in [0.2, 0.25) is 5.02 Å². The Labute approximate surface area is 209 Å². The van der Waals surface area contributed by atoms with Crippen LogP contribution in [0.4, 0.5) is 4.39 Å². The van der Waals surface area contributed by atoms with E-state index in [1.165, 1.54) is 35.2 Å². The molecular weight excluding hydrogens is 495 g/mol. The van der Waals surface area contributed by atoms with Crippen molar-refractivity contribution in [2.24, 2.45) is 11.8 Å². The maximum absolute atomic E-state index is 14.2. The number of nitrogens with zero attached hydrogens (tertiary/aromatic N) is 1. The average molecular weight is 523 g/mol. The fraction of sp³-hybridized carbons (Fsp3) is 0.440. The monoisotopic (exact) mass is 522 g/mol. The van der Waals surface area contributed by atoms with Gasteiger partial charge in [0.25, 0.3) is 5.91 Å². The number of carbonyl (C=O) groups excluding carboxylic acids is 2. The zero-order valence-electron chi connectivity index (χ0n) is 19.7. The zero-order chi connectivity index (χ0) is 25.5. The highest BCUT2D eigenvalue weighted by Gasteiger charge is 2.44. The Morgan fingerprint density at radius 2 is 1.89 bits per heavy atom. The third-order valence-corrected chi connectivity index (χ3v) is 8.39. The minimum atomic E-state index is -3.50. The second-order valence-electron chi connectivity index (χ2n) is 9.44. The quantitative estimate of drug-likeness (QED) is 0.625. The Morgan fingerprint density at radius 1 is 1.17 bits per heavy atom. The molecule has 0 spiro atoms. The molecule has 0 radical (unpaired) electrons. The van der Waals surface area contributed by atoms with Crippen molar-refractivity contribution >= 4 is 33.3 Å².